The number of nitrogens with zero attached hydrogens (tertiary/aromatic N) is 1. The van der Waals surface area contributed by atoms with Gasteiger partial charge in [-0.25, -0.2) is 4.98 Å². The zero-order chi connectivity index (χ0) is 9.42. The van der Waals surface area contributed by atoms with E-state index in [1.54, 1.807) is 6.20 Å². The first-order valence-electron chi connectivity index (χ1n) is 4.31. The largest absolute Gasteiger partial charge is 0.345 e. The van der Waals surface area contributed by atoms with Gasteiger partial charge >= 0.3 is 0 Å². The van der Waals surface area contributed by atoms with Crippen molar-refractivity contribution in [1.82, 2.24) is 9.97 Å². The molecule has 3 heteroatoms. The van der Waals surface area contributed by atoms with Gasteiger partial charge in [-0.1, -0.05) is 25.4 Å². The van der Waals surface area contributed by atoms with Crippen LogP contribution in [-0.4, -0.2) is 9.97 Å². The first-order valence-corrected chi connectivity index (χ1v) is 4.69. The van der Waals surface area contributed by atoms with Crippen LogP contribution in [0.25, 0.3) is 11.0 Å². The van der Waals surface area contributed by atoms with E-state index in [1.807, 2.05) is 6.20 Å². The maximum atomic E-state index is 5.98. The summed E-state index contributed by atoms with van der Waals surface area (Å²) in [5.74, 6) is 0.489. The maximum Gasteiger partial charge on any atom is 0.138 e. The second-order valence-electron chi connectivity index (χ2n) is 3.46. The fraction of sp³-hybridized carbons (Fsp3) is 0.300. The molecule has 0 radical (unpaired) electrons. The Kier molecular flexibility index (Phi) is 2.00. The molecule has 0 saturated heterocycles. The fourth-order valence-electron chi connectivity index (χ4n) is 1.30. The summed E-state index contributed by atoms with van der Waals surface area (Å²) in [6, 6.07) is 2.09. The van der Waals surface area contributed by atoms with Crippen LogP contribution in [0.1, 0.15) is 25.3 Å². The number of fused-ring (bicyclic) bond motifs is 1. The van der Waals surface area contributed by atoms with Crippen molar-refractivity contribution in [1.29, 1.82) is 0 Å². The second-order valence-corrected chi connectivity index (χ2v) is 3.86. The van der Waals surface area contributed by atoms with E-state index in [-0.39, 0.29) is 0 Å². The van der Waals surface area contributed by atoms with Crippen molar-refractivity contribution < 1.29 is 0 Å². The summed E-state index contributed by atoms with van der Waals surface area (Å²) in [7, 11) is 0. The molecule has 2 heterocycles. The van der Waals surface area contributed by atoms with Gasteiger partial charge < -0.3 is 4.98 Å². The van der Waals surface area contributed by atoms with E-state index >= 15 is 0 Å². The summed E-state index contributed by atoms with van der Waals surface area (Å²) in [6.07, 6.45) is 3.66. The van der Waals surface area contributed by atoms with Crippen molar-refractivity contribution in [2.45, 2.75) is 19.8 Å². The van der Waals surface area contributed by atoms with Gasteiger partial charge in [-0.15, -0.1) is 0 Å². The molecule has 0 saturated carbocycles. The van der Waals surface area contributed by atoms with Crippen LogP contribution in [0, 0.1) is 0 Å². The molecule has 2 nitrogen and oxygen atoms in total. The Morgan fingerprint density at radius 1 is 1.46 bits per heavy atom. The molecule has 0 atom stereocenters. The molecule has 68 valence electrons. The third-order valence-electron chi connectivity index (χ3n) is 2.17. The molecule has 0 aliphatic carbocycles. The first kappa shape index (κ1) is 8.57. The number of hydrogen-bond acceptors (Lipinski definition) is 1. The minimum Gasteiger partial charge on any atom is -0.345 e. The Morgan fingerprint density at radius 2 is 2.23 bits per heavy atom. The van der Waals surface area contributed by atoms with Crippen LogP contribution in [0.4, 0.5) is 0 Å². The molecule has 13 heavy (non-hydrogen) atoms. The number of halogens is 1. The van der Waals surface area contributed by atoms with Crippen LogP contribution in [0.15, 0.2) is 18.5 Å². The monoisotopic (exact) mass is 194 g/mol. The van der Waals surface area contributed by atoms with Crippen LogP contribution in [0.3, 0.4) is 0 Å². The number of hydrogen-bond donors (Lipinski definition) is 1. The molecule has 2 aromatic heterocycles. The molecule has 0 aromatic carbocycles. The normalized spacial score (nSPS) is 11.4. The highest BCUT2D eigenvalue weighted by Gasteiger charge is 2.05. The molecule has 2 rings (SSSR count). The molecule has 1 N–H and O–H groups in total. The van der Waals surface area contributed by atoms with Gasteiger partial charge in [-0.05, 0) is 17.5 Å². The van der Waals surface area contributed by atoms with Gasteiger partial charge in [0.25, 0.3) is 0 Å². The Morgan fingerprint density at radius 3 is 2.92 bits per heavy atom. The van der Waals surface area contributed by atoms with E-state index < -0.39 is 0 Å². The summed E-state index contributed by atoms with van der Waals surface area (Å²) in [5, 5.41) is 1.75. The average Bonchev–Trinajstić information content (AvgIpc) is 2.47. The summed E-state index contributed by atoms with van der Waals surface area (Å²) in [6.45, 7) is 4.28. The van der Waals surface area contributed by atoms with Crippen LogP contribution in [-0.2, 0) is 0 Å². The van der Waals surface area contributed by atoms with Gasteiger partial charge in [-0.2, -0.15) is 0 Å². The van der Waals surface area contributed by atoms with Gasteiger partial charge in [0.1, 0.15) is 5.65 Å². The average molecular weight is 195 g/mol. The molecule has 2 aromatic rings. The number of nitrogens with one attached hydrogen (secondary N) is 1. The Hall–Kier alpha value is -1.02. The Labute approximate surface area is 81.9 Å². The van der Waals surface area contributed by atoms with E-state index in [9.17, 15) is 0 Å². The lowest BCUT2D eigenvalue weighted by Crippen LogP contribution is -1.88. The zero-order valence-corrected chi connectivity index (χ0v) is 8.39. The number of rotatable bonds is 1. The van der Waals surface area contributed by atoms with E-state index in [0.29, 0.717) is 5.92 Å². The van der Waals surface area contributed by atoms with Gasteiger partial charge in [0, 0.05) is 17.8 Å². The Balaban J connectivity index is 2.66. The second kappa shape index (κ2) is 3.04. The molecule has 0 aliphatic heterocycles. The topological polar surface area (TPSA) is 28.7 Å². The molecule has 0 fully saturated rings. The Bertz CT molecular complexity index is 431. The number of aromatic amines is 1. The van der Waals surface area contributed by atoms with E-state index in [1.165, 1.54) is 5.56 Å². The number of pyridine rings is 1. The van der Waals surface area contributed by atoms with Gasteiger partial charge in [0.05, 0.1) is 5.02 Å². The van der Waals surface area contributed by atoms with Crippen molar-refractivity contribution in [3.05, 3.63) is 29.0 Å². The number of H-pyrrole nitrogens is 1. The molecule has 0 unspecified atom stereocenters. The van der Waals surface area contributed by atoms with E-state index in [4.69, 9.17) is 11.6 Å². The predicted molar refractivity (Wildman–Crippen MR) is 55.2 cm³/mol. The van der Waals surface area contributed by atoms with Gasteiger partial charge in [0.15, 0.2) is 0 Å². The quantitative estimate of drug-likeness (QED) is 0.741. The van der Waals surface area contributed by atoms with Crippen LogP contribution in [0.5, 0.6) is 0 Å². The van der Waals surface area contributed by atoms with Crippen LogP contribution < -0.4 is 0 Å². The van der Waals surface area contributed by atoms with Crippen molar-refractivity contribution >= 4 is 22.6 Å². The highest BCUT2D eigenvalue weighted by Crippen LogP contribution is 2.24. The van der Waals surface area contributed by atoms with Gasteiger partial charge in [0.2, 0.25) is 0 Å². The van der Waals surface area contributed by atoms with Crippen LogP contribution in [0.2, 0.25) is 5.02 Å². The molecule has 0 bridgehead atoms. The highest BCUT2D eigenvalue weighted by molar-refractivity contribution is 6.35. The molecular formula is C10H11ClN2. The molecule has 0 spiro atoms. The molecular weight excluding hydrogens is 184 g/mol. The molecule has 0 amide bonds. The van der Waals surface area contributed by atoms with Crippen molar-refractivity contribution in [3.63, 3.8) is 0 Å². The predicted octanol–water partition coefficient (Wildman–Crippen LogP) is 3.34. The SMILES string of the molecule is CC(C)c1cnc2[nH]cc(Cl)c2c1. The third-order valence-corrected chi connectivity index (χ3v) is 2.48. The summed E-state index contributed by atoms with van der Waals surface area (Å²) in [5.41, 5.74) is 2.07. The minimum atomic E-state index is 0.489. The zero-order valence-electron chi connectivity index (χ0n) is 7.63. The van der Waals surface area contributed by atoms with Crippen LogP contribution >= 0.6 is 11.6 Å². The number of aromatic nitrogens is 2. The smallest absolute Gasteiger partial charge is 0.138 e. The fourth-order valence-corrected chi connectivity index (χ4v) is 1.50. The maximum absolute atomic E-state index is 5.98. The highest BCUT2D eigenvalue weighted by atomic mass is 35.5. The third kappa shape index (κ3) is 1.42. The van der Waals surface area contributed by atoms with E-state index in [0.717, 1.165) is 16.1 Å². The van der Waals surface area contributed by atoms with Crippen molar-refractivity contribution in [2.75, 3.05) is 0 Å². The first-order chi connectivity index (χ1) is 6.18. The van der Waals surface area contributed by atoms with Crippen molar-refractivity contribution in [3.8, 4) is 0 Å². The van der Waals surface area contributed by atoms with Gasteiger partial charge in [-0.3, -0.25) is 0 Å². The summed E-state index contributed by atoms with van der Waals surface area (Å²) in [4.78, 5) is 7.29. The summed E-state index contributed by atoms with van der Waals surface area (Å²) < 4.78 is 0. The van der Waals surface area contributed by atoms with Crippen molar-refractivity contribution in [2.24, 2.45) is 0 Å². The lowest BCUT2D eigenvalue weighted by Gasteiger charge is -2.03. The lowest BCUT2D eigenvalue weighted by atomic mass is 10.1. The summed E-state index contributed by atoms with van der Waals surface area (Å²) >= 11 is 5.98. The molecule has 0 aliphatic rings. The standard InChI is InChI=1S/C10H11ClN2/c1-6(2)7-3-8-9(11)5-13-10(8)12-4-7/h3-6H,1-2H3,(H,12,13). The van der Waals surface area contributed by atoms with E-state index in [2.05, 4.69) is 29.9 Å². The lowest BCUT2D eigenvalue weighted by molar-refractivity contribution is 0.862. The minimum absolute atomic E-state index is 0.489.